The van der Waals surface area contributed by atoms with Gasteiger partial charge < -0.3 is 10.3 Å². The molecule has 0 unspecified atom stereocenters. The zero-order valence-electron chi connectivity index (χ0n) is 15.7. The molecule has 1 amide bonds. The largest absolute Gasteiger partial charge is 0.347 e. The standard InChI is InChI=1S/C21H15F3N4O2/c1-10(18-16(24)4-11(8-25)9-26-18)27-20(30)21(2-3-21)13-5-12-6-14(22)15(23)7-17(12)28-19(13)29/h4-7,9-10H,2-3H2,1H3,(H,27,30)(H,28,29)/t10-/m1/s1. The number of carbonyl (C=O) groups is 1. The van der Waals surface area contributed by atoms with Crippen molar-refractivity contribution in [3.05, 3.63) is 75.1 Å². The van der Waals surface area contributed by atoms with Gasteiger partial charge in [-0.2, -0.15) is 5.26 Å². The summed E-state index contributed by atoms with van der Waals surface area (Å²) in [5, 5.41) is 11.7. The number of nitrogens with one attached hydrogen (secondary N) is 2. The van der Waals surface area contributed by atoms with Crippen LogP contribution in [0.4, 0.5) is 13.2 Å². The van der Waals surface area contributed by atoms with Crippen molar-refractivity contribution in [1.29, 1.82) is 5.26 Å². The van der Waals surface area contributed by atoms with Crippen molar-refractivity contribution in [2.24, 2.45) is 0 Å². The van der Waals surface area contributed by atoms with Crippen LogP contribution in [-0.4, -0.2) is 15.9 Å². The Labute approximate surface area is 168 Å². The molecule has 1 atom stereocenters. The number of nitriles is 1. The molecule has 2 heterocycles. The Morgan fingerprint density at radius 1 is 1.20 bits per heavy atom. The molecule has 1 fully saturated rings. The number of halogens is 3. The average Bonchev–Trinajstić information content (AvgIpc) is 3.50. The normalized spacial score (nSPS) is 15.4. The van der Waals surface area contributed by atoms with Gasteiger partial charge in [0.05, 0.1) is 28.2 Å². The van der Waals surface area contributed by atoms with Crippen LogP contribution in [0.1, 0.15) is 42.6 Å². The van der Waals surface area contributed by atoms with E-state index < -0.39 is 40.4 Å². The Morgan fingerprint density at radius 2 is 1.90 bits per heavy atom. The van der Waals surface area contributed by atoms with Crippen molar-refractivity contribution in [1.82, 2.24) is 15.3 Å². The maximum atomic E-state index is 14.2. The van der Waals surface area contributed by atoms with Crippen molar-refractivity contribution in [2.75, 3.05) is 0 Å². The van der Waals surface area contributed by atoms with Gasteiger partial charge in [-0.15, -0.1) is 0 Å². The maximum absolute atomic E-state index is 14.2. The van der Waals surface area contributed by atoms with Crippen molar-refractivity contribution in [3.63, 3.8) is 0 Å². The van der Waals surface area contributed by atoms with Crippen LogP contribution < -0.4 is 10.9 Å². The number of H-pyrrole nitrogens is 1. The van der Waals surface area contributed by atoms with E-state index in [1.54, 1.807) is 6.07 Å². The predicted octanol–water partition coefficient (Wildman–Crippen LogP) is 3.12. The summed E-state index contributed by atoms with van der Waals surface area (Å²) in [6, 6.07) is 5.22. The molecule has 0 aliphatic heterocycles. The minimum atomic E-state index is -1.13. The van der Waals surface area contributed by atoms with E-state index >= 15 is 0 Å². The summed E-state index contributed by atoms with van der Waals surface area (Å²) < 4.78 is 41.2. The second-order valence-corrected chi connectivity index (χ2v) is 7.35. The molecule has 4 rings (SSSR count). The number of hydrogen-bond donors (Lipinski definition) is 2. The summed E-state index contributed by atoms with van der Waals surface area (Å²) >= 11 is 0. The maximum Gasteiger partial charge on any atom is 0.252 e. The van der Waals surface area contributed by atoms with Crippen LogP contribution in [0.5, 0.6) is 0 Å². The number of rotatable bonds is 4. The molecule has 1 aromatic carbocycles. The molecule has 30 heavy (non-hydrogen) atoms. The molecule has 1 aliphatic rings. The Kier molecular flexibility index (Phi) is 4.57. The van der Waals surface area contributed by atoms with Crippen LogP contribution >= 0.6 is 0 Å². The first-order valence-electron chi connectivity index (χ1n) is 9.14. The van der Waals surface area contributed by atoms with Gasteiger partial charge in [0.2, 0.25) is 5.91 Å². The highest BCUT2D eigenvalue weighted by atomic mass is 19.2. The molecule has 3 aromatic rings. The molecule has 1 aliphatic carbocycles. The smallest absolute Gasteiger partial charge is 0.252 e. The third-order valence-electron chi connectivity index (χ3n) is 5.34. The number of benzene rings is 1. The van der Waals surface area contributed by atoms with Crippen molar-refractivity contribution in [3.8, 4) is 6.07 Å². The lowest BCUT2D eigenvalue weighted by atomic mass is 9.94. The first-order valence-corrected chi connectivity index (χ1v) is 9.14. The summed E-state index contributed by atoms with van der Waals surface area (Å²) in [4.78, 5) is 31.9. The number of aromatic nitrogens is 2. The molecule has 0 saturated heterocycles. The highest BCUT2D eigenvalue weighted by Gasteiger charge is 2.53. The molecule has 1 saturated carbocycles. The molecule has 9 heteroatoms. The average molecular weight is 412 g/mol. The molecule has 0 radical (unpaired) electrons. The first-order chi connectivity index (χ1) is 14.2. The van der Waals surface area contributed by atoms with Gasteiger partial charge in [0.25, 0.3) is 5.56 Å². The lowest BCUT2D eigenvalue weighted by molar-refractivity contribution is -0.124. The monoisotopic (exact) mass is 412 g/mol. The van der Waals surface area contributed by atoms with E-state index in [1.807, 2.05) is 0 Å². The summed E-state index contributed by atoms with van der Waals surface area (Å²) in [6.45, 7) is 1.54. The van der Waals surface area contributed by atoms with E-state index in [0.29, 0.717) is 12.8 Å². The SMILES string of the molecule is C[C@@H](NC(=O)C1(c2cc3cc(F)c(F)cc3[nH]c2=O)CC1)c1ncc(C#N)cc1F. The van der Waals surface area contributed by atoms with Crippen molar-refractivity contribution >= 4 is 16.8 Å². The number of amides is 1. The second kappa shape index (κ2) is 6.99. The van der Waals surface area contributed by atoms with Crippen LogP contribution in [0.15, 0.2) is 35.3 Å². The van der Waals surface area contributed by atoms with Gasteiger partial charge in [0, 0.05) is 23.2 Å². The van der Waals surface area contributed by atoms with Crippen LogP contribution in [-0.2, 0) is 10.2 Å². The van der Waals surface area contributed by atoms with Gasteiger partial charge in [0.1, 0.15) is 11.9 Å². The van der Waals surface area contributed by atoms with E-state index in [1.165, 1.54) is 19.2 Å². The van der Waals surface area contributed by atoms with Crippen LogP contribution in [0.2, 0.25) is 0 Å². The minimum Gasteiger partial charge on any atom is -0.347 e. The number of hydrogen-bond acceptors (Lipinski definition) is 4. The molecular weight excluding hydrogens is 397 g/mol. The molecule has 2 aromatic heterocycles. The molecule has 152 valence electrons. The van der Waals surface area contributed by atoms with E-state index in [-0.39, 0.29) is 27.7 Å². The van der Waals surface area contributed by atoms with Gasteiger partial charge in [-0.3, -0.25) is 14.6 Å². The van der Waals surface area contributed by atoms with Gasteiger partial charge in [-0.1, -0.05) is 0 Å². The zero-order valence-corrected chi connectivity index (χ0v) is 15.7. The van der Waals surface area contributed by atoms with Crippen LogP contribution in [0.3, 0.4) is 0 Å². The van der Waals surface area contributed by atoms with Crippen LogP contribution in [0, 0.1) is 28.8 Å². The lowest BCUT2D eigenvalue weighted by Gasteiger charge is -2.20. The molecular formula is C21H15F3N4O2. The zero-order chi connectivity index (χ0) is 21.6. The number of aromatic amines is 1. The van der Waals surface area contributed by atoms with Gasteiger partial charge in [0.15, 0.2) is 11.6 Å². The topological polar surface area (TPSA) is 98.6 Å². The number of fused-ring (bicyclic) bond motifs is 1. The summed E-state index contributed by atoms with van der Waals surface area (Å²) in [6.07, 6.45) is 1.97. The van der Waals surface area contributed by atoms with Gasteiger partial charge in [-0.25, -0.2) is 13.2 Å². The number of pyridine rings is 2. The third-order valence-corrected chi connectivity index (χ3v) is 5.34. The highest BCUT2D eigenvalue weighted by molar-refractivity contribution is 5.92. The second-order valence-electron chi connectivity index (χ2n) is 7.35. The van der Waals surface area contributed by atoms with E-state index in [2.05, 4.69) is 15.3 Å². The Morgan fingerprint density at radius 3 is 2.53 bits per heavy atom. The fourth-order valence-corrected chi connectivity index (χ4v) is 3.53. The van der Waals surface area contributed by atoms with Crippen LogP contribution in [0.25, 0.3) is 10.9 Å². The van der Waals surface area contributed by atoms with Gasteiger partial charge in [-0.05, 0) is 38.0 Å². The number of nitrogens with zero attached hydrogens (tertiary/aromatic N) is 2. The third kappa shape index (κ3) is 3.20. The van der Waals surface area contributed by atoms with Crippen molar-refractivity contribution < 1.29 is 18.0 Å². The molecule has 6 nitrogen and oxygen atoms in total. The Balaban J connectivity index is 1.65. The fourth-order valence-electron chi connectivity index (χ4n) is 3.53. The summed E-state index contributed by atoms with van der Waals surface area (Å²) in [5.74, 6) is -3.37. The van der Waals surface area contributed by atoms with E-state index in [9.17, 15) is 22.8 Å². The Bertz CT molecular complexity index is 1290. The number of carbonyl (C=O) groups excluding carboxylic acids is 1. The summed E-state index contributed by atoms with van der Waals surface area (Å²) in [7, 11) is 0. The molecule has 2 N–H and O–H groups in total. The lowest BCUT2D eigenvalue weighted by Crippen LogP contribution is -2.39. The van der Waals surface area contributed by atoms with Crippen molar-refractivity contribution in [2.45, 2.75) is 31.2 Å². The molecule has 0 bridgehead atoms. The van der Waals surface area contributed by atoms with E-state index in [4.69, 9.17) is 5.26 Å². The Hall–Kier alpha value is -3.67. The van der Waals surface area contributed by atoms with E-state index in [0.717, 1.165) is 18.2 Å². The minimum absolute atomic E-state index is 0.0388. The molecule has 0 spiro atoms. The summed E-state index contributed by atoms with van der Waals surface area (Å²) in [5.41, 5.74) is -1.43. The first kappa shape index (κ1) is 19.6. The van der Waals surface area contributed by atoms with Gasteiger partial charge >= 0.3 is 0 Å². The quantitative estimate of drug-likeness (QED) is 0.688. The highest BCUT2D eigenvalue weighted by Crippen LogP contribution is 2.48. The fraction of sp³-hybridized carbons (Fsp3) is 0.238. The predicted molar refractivity (Wildman–Crippen MR) is 101 cm³/mol.